The number of aromatic nitrogens is 1. The highest BCUT2D eigenvalue weighted by atomic mass is 19.4. The molecular formula is C26H25F5N4O4. The van der Waals surface area contributed by atoms with Gasteiger partial charge in [0.1, 0.15) is 22.9 Å². The summed E-state index contributed by atoms with van der Waals surface area (Å²) in [4.78, 5) is 31.5. The normalized spacial score (nSPS) is 21.0. The van der Waals surface area contributed by atoms with Gasteiger partial charge >= 0.3 is 6.36 Å². The van der Waals surface area contributed by atoms with Gasteiger partial charge in [-0.15, -0.1) is 13.2 Å². The number of alkyl halides is 3. The first-order valence-corrected chi connectivity index (χ1v) is 11.9. The predicted molar refractivity (Wildman–Crippen MR) is 128 cm³/mol. The second-order valence-corrected chi connectivity index (χ2v) is 9.12. The molecular weight excluding hydrogens is 527 g/mol. The van der Waals surface area contributed by atoms with Crippen LogP contribution in [0.3, 0.4) is 0 Å². The van der Waals surface area contributed by atoms with Gasteiger partial charge in [-0.3, -0.25) is 19.5 Å². The number of carbonyl (C=O) groups excluding carboxylic acids is 2. The summed E-state index contributed by atoms with van der Waals surface area (Å²) >= 11 is 0. The maximum atomic E-state index is 13.7. The zero-order valence-corrected chi connectivity index (χ0v) is 20.7. The zero-order chi connectivity index (χ0) is 28.4. The molecule has 1 aromatic carbocycles. The first-order valence-electron chi connectivity index (χ1n) is 11.9. The van der Waals surface area contributed by atoms with E-state index in [9.17, 15) is 31.5 Å². The molecule has 0 spiro atoms. The van der Waals surface area contributed by atoms with Gasteiger partial charge in [-0.25, -0.2) is 8.78 Å². The van der Waals surface area contributed by atoms with Crippen molar-refractivity contribution in [2.24, 2.45) is 5.73 Å². The summed E-state index contributed by atoms with van der Waals surface area (Å²) in [7, 11) is 0. The summed E-state index contributed by atoms with van der Waals surface area (Å²) in [6.07, 6.45) is -2.44. The van der Waals surface area contributed by atoms with Crippen LogP contribution in [0.15, 0.2) is 60.0 Å². The zero-order valence-electron chi connectivity index (χ0n) is 20.7. The minimum Gasteiger partial charge on any atom is -0.407 e. The van der Waals surface area contributed by atoms with Crippen LogP contribution in [0, 0.1) is 11.6 Å². The molecule has 1 aliphatic heterocycles. The molecule has 13 heteroatoms. The largest absolute Gasteiger partial charge is 0.572 e. The second-order valence-electron chi connectivity index (χ2n) is 9.12. The molecule has 2 atom stereocenters. The highest BCUT2D eigenvalue weighted by Gasteiger charge is 2.48. The van der Waals surface area contributed by atoms with Crippen LogP contribution in [-0.4, -0.2) is 60.4 Å². The average molecular weight is 553 g/mol. The maximum Gasteiger partial charge on any atom is 0.572 e. The quantitative estimate of drug-likeness (QED) is 0.511. The van der Waals surface area contributed by atoms with E-state index >= 15 is 0 Å². The molecule has 1 aliphatic carbocycles. The molecule has 0 radical (unpaired) electrons. The Morgan fingerprint density at radius 1 is 1.13 bits per heavy atom. The highest BCUT2D eigenvalue weighted by Crippen LogP contribution is 2.42. The SMILES string of the molecule is CC(C(=O)NC1(c2ccc(-c3cc(F)cc(F)c3)nc2)CC(C(N)=O)=CC=C1OC(F)(F)F)N1CCOCC1. The Morgan fingerprint density at radius 2 is 1.79 bits per heavy atom. The number of allylic oxidation sites excluding steroid dienone is 2. The third-order valence-corrected chi connectivity index (χ3v) is 6.58. The van der Waals surface area contributed by atoms with E-state index in [1.165, 1.54) is 12.1 Å². The lowest BCUT2D eigenvalue weighted by Crippen LogP contribution is -2.57. The van der Waals surface area contributed by atoms with Gasteiger partial charge in [0.05, 0.1) is 24.9 Å². The molecule has 1 saturated heterocycles. The van der Waals surface area contributed by atoms with E-state index in [1.54, 1.807) is 11.8 Å². The fourth-order valence-corrected chi connectivity index (χ4v) is 4.55. The van der Waals surface area contributed by atoms with Gasteiger partial charge < -0.3 is 20.5 Å². The first-order chi connectivity index (χ1) is 18.4. The second kappa shape index (κ2) is 11.1. The van der Waals surface area contributed by atoms with Gasteiger partial charge in [0.15, 0.2) is 0 Å². The van der Waals surface area contributed by atoms with Crippen LogP contribution in [-0.2, 0) is 24.6 Å². The summed E-state index contributed by atoms with van der Waals surface area (Å²) in [6, 6.07) is 4.66. The fraction of sp³-hybridized carbons (Fsp3) is 0.346. The van der Waals surface area contributed by atoms with Crippen LogP contribution in [0.1, 0.15) is 18.9 Å². The number of ether oxygens (including phenoxy) is 2. The van der Waals surface area contributed by atoms with Crippen LogP contribution < -0.4 is 11.1 Å². The molecule has 2 heterocycles. The third-order valence-electron chi connectivity index (χ3n) is 6.58. The van der Waals surface area contributed by atoms with E-state index in [4.69, 9.17) is 10.5 Å². The van der Waals surface area contributed by atoms with Crippen molar-refractivity contribution in [3.63, 3.8) is 0 Å². The van der Waals surface area contributed by atoms with E-state index < -0.39 is 53.6 Å². The molecule has 2 aliphatic rings. The van der Waals surface area contributed by atoms with Crippen molar-refractivity contribution in [2.75, 3.05) is 26.3 Å². The Hall–Kier alpha value is -3.84. The molecule has 1 fully saturated rings. The smallest absolute Gasteiger partial charge is 0.407 e. The Kier molecular flexibility index (Phi) is 8.02. The molecule has 2 amide bonds. The lowest BCUT2D eigenvalue weighted by Gasteiger charge is -2.41. The van der Waals surface area contributed by atoms with Crippen LogP contribution >= 0.6 is 0 Å². The molecule has 0 bridgehead atoms. The number of primary amides is 1. The van der Waals surface area contributed by atoms with Gasteiger partial charge in [-0.2, -0.15) is 0 Å². The molecule has 0 saturated carbocycles. The molecule has 4 rings (SSSR count). The van der Waals surface area contributed by atoms with E-state index in [2.05, 4.69) is 15.0 Å². The van der Waals surface area contributed by atoms with Gasteiger partial charge in [-0.1, -0.05) is 12.1 Å². The Bertz CT molecular complexity index is 1290. The monoisotopic (exact) mass is 552 g/mol. The summed E-state index contributed by atoms with van der Waals surface area (Å²) in [5, 5.41) is 2.66. The molecule has 1 aromatic heterocycles. The number of hydrogen-bond donors (Lipinski definition) is 2. The number of benzene rings is 1. The lowest BCUT2D eigenvalue weighted by molar-refractivity contribution is -0.310. The first kappa shape index (κ1) is 28.2. The topological polar surface area (TPSA) is 107 Å². The van der Waals surface area contributed by atoms with Crippen molar-refractivity contribution in [1.82, 2.24) is 15.2 Å². The summed E-state index contributed by atoms with van der Waals surface area (Å²) < 4.78 is 77.6. The number of halogens is 5. The number of amides is 2. The molecule has 2 aromatic rings. The Balaban J connectivity index is 1.79. The van der Waals surface area contributed by atoms with Crippen molar-refractivity contribution in [3.05, 3.63) is 77.2 Å². The maximum absolute atomic E-state index is 13.7. The van der Waals surface area contributed by atoms with Crippen molar-refractivity contribution in [3.8, 4) is 11.3 Å². The number of morpholine rings is 1. The number of nitrogens with two attached hydrogens (primary N) is 1. The number of carbonyl (C=O) groups is 2. The van der Waals surface area contributed by atoms with Gasteiger partial charge in [0.25, 0.3) is 0 Å². The van der Waals surface area contributed by atoms with Gasteiger partial charge in [-0.05, 0) is 31.2 Å². The van der Waals surface area contributed by atoms with Crippen molar-refractivity contribution >= 4 is 11.8 Å². The number of pyridine rings is 1. The number of nitrogens with zero attached hydrogens (tertiary/aromatic N) is 2. The molecule has 3 N–H and O–H groups in total. The van der Waals surface area contributed by atoms with E-state index in [1.807, 2.05) is 0 Å². The van der Waals surface area contributed by atoms with Crippen molar-refractivity contribution in [2.45, 2.75) is 31.3 Å². The van der Waals surface area contributed by atoms with Gasteiger partial charge in [0.2, 0.25) is 11.8 Å². The Morgan fingerprint density at radius 3 is 2.36 bits per heavy atom. The summed E-state index contributed by atoms with van der Waals surface area (Å²) in [5.41, 5.74) is 3.57. The van der Waals surface area contributed by atoms with E-state index in [-0.39, 0.29) is 22.4 Å². The molecule has 2 unspecified atom stereocenters. The fourth-order valence-electron chi connectivity index (χ4n) is 4.55. The van der Waals surface area contributed by atoms with Crippen LogP contribution in [0.5, 0.6) is 0 Å². The van der Waals surface area contributed by atoms with Crippen molar-refractivity contribution < 1.29 is 41.0 Å². The summed E-state index contributed by atoms with van der Waals surface area (Å²) in [6.45, 7) is 3.21. The molecule has 8 nitrogen and oxygen atoms in total. The Labute approximate surface area is 220 Å². The molecule has 39 heavy (non-hydrogen) atoms. The average Bonchev–Trinajstić information content (AvgIpc) is 2.88. The van der Waals surface area contributed by atoms with E-state index in [0.717, 1.165) is 30.5 Å². The van der Waals surface area contributed by atoms with Crippen molar-refractivity contribution in [1.29, 1.82) is 0 Å². The van der Waals surface area contributed by atoms with Crippen LogP contribution in [0.4, 0.5) is 22.0 Å². The number of hydrogen-bond acceptors (Lipinski definition) is 6. The van der Waals surface area contributed by atoms with E-state index in [0.29, 0.717) is 32.4 Å². The summed E-state index contributed by atoms with van der Waals surface area (Å²) in [5.74, 6) is -3.95. The minimum absolute atomic E-state index is 0.0213. The van der Waals surface area contributed by atoms with Gasteiger partial charge in [0, 0.05) is 48.5 Å². The predicted octanol–water partition coefficient (Wildman–Crippen LogP) is 3.29. The number of rotatable bonds is 7. The number of nitrogens with one attached hydrogen (secondary N) is 1. The van der Waals surface area contributed by atoms with Crippen LogP contribution in [0.25, 0.3) is 11.3 Å². The lowest BCUT2D eigenvalue weighted by atomic mass is 9.78. The molecule has 208 valence electrons. The standard InChI is InChI=1S/C26H25F5N4O4/c1-15(35-6-8-38-9-7-35)24(37)34-25(13-16(23(32)36)2-5-22(25)39-26(29,30)31)18-3-4-21(33-14-18)17-10-19(27)12-20(28)11-17/h2-5,10-12,14-15H,6-9,13H2,1H3,(H2,32,36)(H,34,37). The minimum atomic E-state index is -5.14. The third kappa shape index (κ3) is 6.42. The van der Waals surface area contributed by atoms with Crippen LogP contribution in [0.2, 0.25) is 0 Å². The highest BCUT2D eigenvalue weighted by molar-refractivity contribution is 5.93.